The maximum Gasteiger partial charge on any atom is 0.324 e. The third kappa shape index (κ3) is 3.31. The largest absolute Gasteiger partial charge is 0.481 e. The van der Waals surface area contributed by atoms with Crippen molar-refractivity contribution in [3.05, 3.63) is 29.8 Å². The molecule has 1 aromatic rings. The Kier molecular flexibility index (Phi) is 4.43. The molecule has 6 nitrogen and oxygen atoms in total. The van der Waals surface area contributed by atoms with Gasteiger partial charge in [-0.15, -0.1) is 0 Å². The van der Waals surface area contributed by atoms with Crippen molar-refractivity contribution in [2.45, 2.75) is 12.8 Å². The number of rotatable bonds is 2. The number of anilines is 1. The van der Waals surface area contributed by atoms with Crippen LogP contribution in [0, 0.1) is 17.2 Å². The molecule has 0 aliphatic carbocycles. The zero-order valence-corrected chi connectivity index (χ0v) is 11.8. The number of carboxylic acid groups (broad SMARTS) is 1. The van der Waals surface area contributed by atoms with Crippen molar-refractivity contribution in [2.24, 2.45) is 5.92 Å². The van der Waals surface area contributed by atoms with E-state index in [0.717, 1.165) is 0 Å². The lowest BCUT2D eigenvalue weighted by atomic mass is 9.98. The normalized spacial score (nSPS) is 17.9. The van der Waals surface area contributed by atoms with Crippen LogP contribution in [0.1, 0.15) is 18.4 Å². The summed E-state index contributed by atoms with van der Waals surface area (Å²) < 4.78 is 0. The molecule has 1 aliphatic heterocycles. The number of aliphatic carboxylic acids is 1. The van der Waals surface area contributed by atoms with Crippen LogP contribution in [0.15, 0.2) is 24.3 Å². The minimum absolute atomic E-state index is 0.233. The van der Waals surface area contributed by atoms with Gasteiger partial charge in [-0.1, -0.05) is 6.07 Å². The molecule has 2 amide bonds. The third-order valence-corrected chi connectivity index (χ3v) is 3.69. The molecule has 2 rings (SSSR count). The van der Waals surface area contributed by atoms with E-state index in [1.807, 2.05) is 6.07 Å². The van der Waals surface area contributed by atoms with Gasteiger partial charge in [0.15, 0.2) is 0 Å². The lowest BCUT2D eigenvalue weighted by molar-refractivity contribution is -0.143. The zero-order valence-electron chi connectivity index (χ0n) is 11.8. The van der Waals surface area contributed by atoms with Crippen molar-refractivity contribution < 1.29 is 14.7 Å². The first-order chi connectivity index (χ1) is 10.0. The van der Waals surface area contributed by atoms with Gasteiger partial charge in [0.2, 0.25) is 0 Å². The first-order valence-corrected chi connectivity index (χ1v) is 6.78. The Morgan fingerprint density at radius 3 is 2.90 bits per heavy atom. The lowest BCUT2D eigenvalue weighted by Gasteiger charge is -2.33. The van der Waals surface area contributed by atoms with Gasteiger partial charge >= 0.3 is 12.0 Å². The van der Waals surface area contributed by atoms with E-state index in [1.54, 1.807) is 36.2 Å². The number of carboxylic acids is 1. The van der Waals surface area contributed by atoms with E-state index in [0.29, 0.717) is 30.6 Å². The molecule has 1 atom stereocenters. The molecule has 110 valence electrons. The van der Waals surface area contributed by atoms with Crippen molar-refractivity contribution in [3.63, 3.8) is 0 Å². The van der Waals surface area contributed by atoms with Gasteiger partial charge in [-0.2, -0.15) is 5.26 Å². The van der Waals surface area contributed by atoms with Gasteiger partial charge in [0.25, 0.3) is 0 Å². The number of benzene rings is 1. The highest BCUT2D eigenvalue weighted by Crippen LogP contribution is 2.21. The van der Waals surface area contributed by atoms with Crippen LogP contribution in [0.3, 0.4) is 0 Å². The number of hydrogen-bond acceptors (Lipinski definition) is 3. The minimum Gasteiger partial charge on any atom is -0.481 e. The summed E-state index contributed by atoms with van der Waals surface area (Å²) in [5.41, 5.74) is 1.10. The number of hydrogen-bond donors (Lipinski definition) is 1. The van der Waals surface area contributed by atoms with Crippen LogP contribution in [0.4, 0.5) is 10.5 Å². The molecule has 1 heterocycles. The van der Waals surface area contributed by atoms with E-state index in [1.165, 1.54) is 4.90 Å². The SMILES string of the molecule is CN(C(=O)N1CCCC(C(=O)O)C1)c1cccc(C#N)c1. The van der Waals surface area contributed by atoms with Gasteiger partial charge in [0.05, 0.1) is 17.6 Å². The second-order valence-electron chi connectivity index (χ2n) is 5.13. The average molecular weight is 287 g/mol. The molecule has 1 unspecified atom stereocenters. The lowest BCUT2D eigenvalue weighted by Crippen LogP contribution is -2.47. The highest BCUT2D eigenvalue weighted by atomic mass is 16.4. The van der Waals surface area contributed by atoms with Crippen LogP contribution in [0.2, 0.25) is 0 Å². The molecule has 1 fully saturated rings. The van der Waals surface area contributed by atoms with Crippen LogP contribution in [-0.4, -0.2) is 42.1 Å². The summed E-state index contributed by atoms with van der Waals surface area (Å²) >= 11 is 0. The third-order valence-electron chi connectivity index (χ3n) is 3.69. The Hall–Kier alpha value is -2.55. The Balaban J connectivity index is 2.11. The van der Waals surface area contributed by atoms with E-state index in [2.05, 4.69) is 0 Å². The molecular weight excluding hydrogens is 270 g/mol. The van der Waals surface area contributed by atoms with Gasteiger partial charge in [0.1, 0.15) is 0 Å². The highest BCUT2D eigenvalue weighted by Gasteiger charge is 2.29. The van der Waals surface area contributed by atoms with Crippen LogP contribution in [0.5, 0.6) is 0 Å². The van der Waals surface area contributed by atoms with E-state index in [9.17, 15) is 9.59 Å². The van der Waals surface area contributed by atoms with E-state index in [-0.39, 0.29) is 12.6 Å². The van der Waals surface area contributed by atoms with Crippen LogP contribution in [-0.2, 0) is 4.79 Å². The summed E-state index contributed by atoms with van der Waals surface area (Å²) in [6.07, 6.45) is 1.29. The molecule has 1 aliphatic rings. The first-order valence-electron chi connectivity index (χ1n) is 6.78. The topological polar surface area (TPSA) is 84.6 Å². The fourth-order valence-electron chi connectivity index (χ4n) is 2.46. The maximum atomic E-state index is 12.4. The number of piperidine rings is 1. The van der Waals surface area contributed by atoms with Crippen molar-refractivity contribution >= 4 is 17.7 Å². The Bertz CT molecular complexity index is 594. The maximum absolute atomic E-state index is 12.4. The monoisotopic (exact) mass is 287 g/mol. The molecule has 0 spiro atoms. The zero-order chi connectivity index (χ0) is 15.4. The van der Waals surface area contributed by atoms with E-state index in [4.69, 9.17) is 10.4 Å². The molecule has 21 heavy (non-hydrogen) atoms. The van der Waals surface area contributed by atoms with Crippen molar-refractivity contribution in [1.29, 1.82) is 5.26 Å². The number of carbonyl (C=O) groups is 2. The van der Waals surface area contributed by atoms with Crippen LogP contribution >= 0.6 is 0 Å². The molecule has 1 saturated heterocycles. The predicted molar refractivity (Wildman–Crippen MR) is 76.9 cm³/mol. The van der Waals surface area contributed by atoms with Gasteiger partial charge in [-0.3, -0.25) is 9.69 Å². The first kappa shape index (κ1) is 14.9. The second-order valence-corrected chi connectivity index (χ2v) is 5.13. The number of nitrogens with zero attached hydrogens (tertiary/aromatic N) is 3. The molecule has 0 aromatic heterocycles. The van der Waals surface area contributed by atoms with Crippen molar-refractivity contribution in [1.82, 2.24) is 4.90 Å². The van der Waals surface area contributed by atoms with Gasteiger partial charge in [-0.05, 0) is 31.0 Å². The van der Waals surface area contributed by atoms with Crippen molar-refractivity contribution in [2.75, 3.05) is 25.0 Å². The number of amides is 2. The molecule has 0 bridgehead atoms. The average Bonchev–Trinajstić information content (AvgIpc) is 2.53. The number of carbonyl (C=O) groups excluding carboxylic acids is 1. The molecule has 6 heteroatoms. The summed E-state index contributed by atoms with van der Waals surface area (Å²) in [5, 5.41) is 18.0. The number of urea groups is 1. The van der Waals surface area contributed by atoms with E-state index < -0.39 is 11.9 Å². The fourth-order valence-corrected chi connectivity index (χ4v) is 2.46. The summed E-state index contributed by atoms with van der Waals surface area (Å²) in [6, 6.07) is 8.56. The standard InChI is InChI=1S/C15H17N3O3/c1-17(13-6-2-4-11(8-13)9-16)15(21)18-7-3-5-12(10-18)14(19)20/h2,4,6,8,12H,3,5,7,10H2,1H3,(H,19,20). The summed E-state index contributed by atoms with van der Waals surface area (Å²) in [7, 11) is 1.63. The Morgan fingerprint density at radius 2 is 2.24 bits per heavy atom. The minimum atomic E-state index is -0.860. The molecular formula is C15H17N3O3. The molecule has 1 N–H and O–H groups in total. The Morgan fingerprint density at radius 1 is 1.48 bits per heavy atom. The van der Waals surface area contributed by atoms with Crippen molar-refractivity contribution in [3.8, 4) is 6.07 Å². The number of nitriles is 1. The summed E-state index contributed by atoms with van der Waals surface area (Å²) in [6.45, 7) is 0.793. The van der Waals surface area contributed by atoms with E-state index >= 15 is 0 Å². The molecule has 1 aromatic carbocycles. The smallest absolute Gasteiger partial charge is 0.324 e. The second kappa shape index (κ2) is 6.27. The fraction of sp³-hybridized carbons (Fsp3) is 0.400. The number of likely N-dealkylation sites (tertiary alicyclic amines) is 1. The van der Waals surface area contributed by atoms with Crippen LogP contribution < -0.4 is 4.90 Å². The molecule has 0 saturated carbocycles. The predicted octanol–water partition coefficient (Wildman–Crippen LogP) is 1.91. The molecule has 0 radical (unpaired) electrons. The van der Waals surface area contributed by atoms with Crippen LogP contribution in [0.25, 0.3) is 0 Å². The van der Waals surface area contributed by atoms with Gasteiger partial charge in [-0.25, -0.2) is 4.79 Å². The quantitative estimate of drug-likeness (QED) is 0.900. The summed E-state index contributed by atoms with van der Waals surface area (Å²) in [5.74, 6) is -1.36. The van der Waals surface area contributed by atoms with Gasteiger partial charge < -0.3 is 10.0 Å². The summed E-state index contributed by atoms with van der Waals surface area (Å²) in [4.78, 5) is 26.5. The van der Waals surface area contributed by atoms with Gasteiger partial charge in [0, 0.05) is 25.8 Å². The highest BCUT2D eigenvalue weighted by molar-refractivity contribution is 5.92. The Labute approximate surface area is 123 Å².